The molecule has 0 unspecified atom stereocenters. The van der Waals surface area contributed by atoms with E-state index in [-0.39, 0.29) is 18.1 Å². The Bertz CT molecular complexity index is 532. The Balaban J connectivity index is 2.15. The number of hydrogen-bond acceptors (Lipinski definition) is 4. The van der Waals surface area contributed by atoms with Gasteiger partial charge in [-0.1, -0.05) is 6.07 Å². The van der Waals surface area contributed by atoms with E-state index < -0.39 is 0 Å². The smallest absolute Gasteiger partial charge is 0.257 e. The van der Waals surface area contributed by atoms with Crippen LogP contribution in [0.15, 0.2) is 29.6 Å². The first-order valence-corrected chi connectivity index (χ1v) is 6.44. The summed E-state index contributed by atoms with van der Waals surface area (Å²) in [5.74, 6) is -0.107. The maximum Gasteiger partial charge on any atom is 0.257 e. The van der Waals surface area contributed by atoms with Gasteiger partial charge in [-0.25, -0.2) is 4.98 Å². The van der Waals surface area contributed by atoms with Gasteiger partial charge in [-0.15, -0.1) is 11.3 Å². The van der Waals surface area contributed by atoms with E-state index in [2.05, 4.69) is 4.98 Å². The summed E-state index contributed by atoms with van der Waals surface area (Å²) in [5.41, 5.74) is 1.73. The molecule has 18 heavy (non-hydrogen) atoms. The number of thiophene rings is 1. The monoisotopic (exact) mass is 262 g/mol. The third kappa shape index (κ3) is 2.94. The van der Waals surface area contributed by atoms with Crippen molar-refractivity contribution < 1.29 is 10.0 Å². The minimum Gasteiger partial charge on any atom is -0.280 e. The number of aromatic nitrogens is 1. The quantitative estimate of drug-likeness (QED) is 0.683. The van der Waals surface area contributed by atoms with Gasteiger partial charge >= 0.3 is 0 Å². The number of aryl methyl sites for hydroxylation is 2. The van der Waals surface area contributed by atoms with Crippen molar-refractivity contribution in [1.82, 2.24) is 4.98 Å². The molecule has 0 spiro atoms. The van der Waals surface area contributed by atoms with E-state index in [0.29, 0.717) is 5.06 Å². The van der Waals surface area contributed by atoms with E-state index in [9.17, 15) is 10.0 Å². The molecule has 0 radical (unpaired) electrons. The molecule has 0 atom stereocenters. The first kappa shape index (κ1) is 12.7. The number of rotatable bonds is 3. The number of carbonyl (C=O) groups is 1. The highest BCUT2D eigenvalue weighted by atomic mass is 32.1. The van der Waals surface area contributed by atoms with E-state index >= 15 is 0 Å². The van der Waals surface area contributed by atoms with Crippen LogP contribution in [0.3, 0.4) is 0 Å². The van der Waals surface area contributed by atoms with Crippen LogP contribution < -0.4 is 5.06 Å². The van der Waals surface area contributed by atoms with Gasteiger partial charge in [0.15, 0.2) is 5.82 Å². The largest absolute Gasteiger partial charge is 0.280 e. The van der Waals surface area contributed by atoms with Gasteiger partial charge < -0.3 is 0 Å². The van der Waals surface area contributed by atoms with Crippen LogP contribution in [0, 0.1) is 13.8 Å². The van der Waals surface area contributed by atoms with Gasteiger partial charge in [0.1, 0.15) is 0 Å². The fourth-order valence-electron chi connectivity index (χ4n) is 1.69. The third-order valence-electron chi connectivity index (χ3n) is 2.44. The fraction of sp³-hybridized carbons (Fsp3) is 0.231. The molecule has 0 aromatic carbocycles. The summed E-state index contributed by atoms with van der Waals surface area (Å²) < 4.78 is 0. The van der Waals surface area contributed by atoms with Crippen LogP contribution in [0.1, 0.15) is 16.1 Å². The van der Waals surface area contributed by atoms with Gasteiger partial charge in [0, 0.05) is 10.6 Å². The summed E-state index contributed by atoms with van der Waals surface area (Å²) in [4.78, 5) is 16.9. The molecule has 1 N–H and O–H groups in total. The molecule has 2 heterocycles. The summed E-state index contributed by atoms with van der Waals surface area (Å²) in [6, 6.07) is 7.32. The van der Waals surface area contributed by atoms with Crippen molar-refractivity contribution in [3.05, 3.63) is 45.8 Å². The second-order valence-corrected chi connectivity index (χ2v) is 5.14. The average molecular weight is 262 g/mol. The van der Waals surface area contributed by atoms with E-state index in [1.807, 2.05) is 37.4 Å². The van der Waals surface area contributed by atoms with Crippen LogP contribution >= 0.6 is 11.3 Å². The zero-order chi connectivity index (χ0) is 13.1. The summed E-state index contributed by atoms with van der Waals surface area (Å²) in [5, 5.41) is 12.4. The van der Waals surface area contributed by atoms with Gasteiger partial charge in [-0.3, -0.25) is 10.0 Å². The van der Waals surface area contributed by atoms with Crippen molar-refractivity contribution in [2.75, 3.05) is 5.06 Å². The van der Waals surface area contributed by atoms with Crippen molar-refractivity contribution in [1.29, 1.82) is 0 Å². The normalized spacial score (nSPS) is 10.4. The molecule has 2 rings (SSSR count). The molecule has 1 amide bonds. The first-order chi connectivity index (χ1) is 8.56. The fourth-order valence-corrected chi connectivity index (χ4v) is 2.39. The number of amides is 1. The van der Waals surface area contributed by atoms with Crippen molar-refractivity contribution >= 4 is 23.1 Å². The lowest BCUT2D eigenvalue weighted by Crippen LogP contribution is -2.29. The molecule has 0 fully saturated rings. The number of hydroxylamine groups is 1. The molecule has 0 bridgehead atoms. The second-order valence-electron chi connectivity index (χ2n) is 4.11. The Hall–Kier alpha value is -1.72. The Morgan fingerprint density at radius 3 is 2.83 bits per heavy atom. The third-order valence-corrected chi connectivity index (χ3v) is 3.32. The average Bonchev–Trinajstić information content (AvgIpc) is 2.79. The minimum absolute atomic E-state index is 0.183. The molecule has 2 aromatic rings. The zero-order valence-electron chi connectivity index (χ0n) is 10.3. The van der Waals surface area contributed by atoms with E-state index in [1.54, 1.807) is 6.07 Å². The van der Waals surface area contributed by atoms with Crippen molar-refractivity contribution in [2.24, 2.45) is 0 Å². The molecule has 94 valence electrons. The maximum absolute atomic E-state index is 11.9. The Kier molecular flexibility index (Phi) is 3.74. The van der Waals surface area contributed by atoms with Crippen molar-refractivity contribution in [3.63, 3.8) is 0 Å². The molecule has 0 aliphatic carbocycles. The molecule has 0 aliphatic heterocycles. The van der Waals surface area contributed by atoms with Gasteiger partial charge in [0.05, 0.1) is 6.42 Å². The Morgan fingerprint density at radius 1 is 1.44 bits per heavy atom. The lowest BCUT2D eigenvalue weighted by Gasteiger charge is -2.14. The second kappa shape index (κ2) is 5.29. The standard InChI is InChI=1S/C13H14N2O2S/c1-9-6-10(2)14-12(7-9)15(17)13(16)8-11-4-3-5-18-11/h3-7,17H,8H2,1-2H3. The van der Waals surface area contributed by atoms with Crippen LogP contribution in [0.4, 0.5) is 5.82 Å². The molecule has 0 saturated heterocycles. The number of nitrogens with zero attached hydrogens (tertiary/aromatic N) is 2. The number of pyridine rings is 1. The Morgan fingerprint density at radius 2 is 2.22 bits per heavy atom. The van der Waals surface area contributed by atoms with Crippen molar-refractivity contribution in [3.8, 4) is 0 Å². The highest BCUT2D eigenvalue weighted by Gasteiger charge is 2.16. The molecule has 2 aromatic heterocycles. The number of hydrogen-bond donors (Lipinski definition) is 1. The van der Waals surface area contributed by atoms with Crippen LogP contribution in [0.25, 0.3) is 0 Å². The molecule has 0 aliphatic rings. The van der Waals surface area contributed by atoms with Crippen LogP contribution in [0.5, 0.6) is 0 Å². The minimum atomic E-state index is -0.380. The maximum atomic E-state index is 11.9. The highest BCUT2D eigenvalue weighted by Crippen LogP contribution is 2.16. The van der Waals surface area contributed by atoms with Gasteiger partial charge in [-0.2, -0.15) is 5.06 Å². The van der Waals surface area contributed by atoms with Gasteiger partial charge in [0.2, 0.25) is 0 Å². The topological polar surface area (TPSA) is 53.4 Å². The molecule has 4 nitrogen and oxygen atoms in total. The molecule has 0 saturated carbocycles. The number of anilines is 1. The van der Waals surface area contributed by atoms with Crippen LogP contribution in [-0.4, -0.2) is 16.1 Å². The predicted octanol–water partition coefficient (Wildman–Crippen LogP) is 2.72. The lowest BCUT2D eigenvalue weighted by molar-refractivity contribution is -0.123. The van der Waals surface area contributed by atoms with E-state index in [4.69, 9.17) is 0 Å². The van der Waals surface area contributed by atoms with E-state index in [1.165, 1.54) is 11.3 Å². The molecular formula is C13H14N2O2S. The summed E-state index contributed by atoms with van der Waals surface area (Å²) >= 11 is 1.49. The van der Waals surface area contributed by atoms with Crippen molar-refractivity contribution in [2.45, 2.75) is 20.3 Å². The summed E-state index contributed by atoms with van der Waals surface area (Å²) in [6.45, 7) is 3.73. The zero-order valence-corrected chi connectivity index (χ0v) is 11.1. The van der Waals surface area contributed by atoms with Crippen LogP contribution in [-0.2, 0) is 11.2 Å². The summed E-state index contributed by atoms with van der Waals surface area (Å²) in [6.07, 6.45) is 0.183. The lowest BCUT2D eigenvalue weighted by atomic mass is 10.2. The predicted molar refractivity (Wildman–Crippen MR) is 71.0 cm³/mol. The number of carbonyl (C=O) groups excluding carboxylic acids is 1. The SMILES string of the molecule is Cc1cc(C)nc(N(O)C(=O)Cc2cccs2)c1. The summed E-state index contributed by atoms with van der Waals surface area (Å²) in [7, 11) is 0. The highest BCUT2D eigenvalue weighted by molar-refractivity contribution is 7.10. The Labute approximate surface area is 109 Å². The van der Waals surface area contributed by atoms with Gasteiger partial charge in [0.25, 0.3) is 5.91 Å². The van der Waals surface area contributed by atoms with E-state index in [0.717, 1.165) is 16.1 Å². The molecule has 5 heteroatoms. The molecular weight excluding hydrogens is 248 g/mol. The first-order valence-electron chi connectivity index (χ1n) is 5.56. The van der Waals surface area contributed by atoms with Gasteiger partial charge in [-0.05, 0) is 43.0 Å². The van der Waals surface area contributed by atoms with Crippen LogP contribution in [0.2, 0.25) is 0 Å².